The van der Waals surface area contributed by atoms with Crippen LogP contribution in [-0.2, 0) is 0 Å². The van der Waals surface area contributed by atoms with E-state index in [9.17, 15) is 10.1 Å². The Balaban J connectivity index is 2.14. The van der Waals surface area contributed by atoms with E-state index in [0.717, 1.165) is 5.56 Å². The van der Waals surface area contributed by atoms with Crippen LogP contribution in [-0.4, -0.2) is 23.8 Å². The molecule has 5 nitrogen and oxygen atoms in total. The Morgan fingerprint density at radius 2 is 1.95 bits per heavy atom. The quantitative estimate of drug-likeness (QED) is 0.630. The van der Waals surface area contributed by atoms with Gasteiger partial charge in [0, 0.05) is 28.3 Å². The lowest BCUT2D eigenvalue weighted by molar-refractivity contribution is -0.384. The van der Waals surface area contributed by atoms with Crippen LogP contribution in [0.4, 0.5) is 5.69 Å². The average Bonchev–Trinajstić information content (AvgIpc) is 2.69. The smallest absolute Gasteiger partial charge is 0.270 e. The molecule has 1 aliphatic rings. The van der Waals surface area contributed by atoms with E-state index >= 15 is 0 Å². The Labute approximate surface area is 126 Å². The summed E-state index contributed by atoms with van der Waals surface area (Å²) in [7, 11) is 0. The van der Waals surface area contributed by atoms with Crippen molar-refractivity contribution in [3.8, 4) is 5.75 Å². The van der Waals surface area contributed by atoms with Gasteiger partial charge in [0.25, 0.3) is 5.69 Å². The fraction of sp³-hybridized carbons (Fsp3) is 0.133. The van der Waals surface area contributed by atoms with Crippen molar-refractivity contribution in [3.05, 3.63) is 68.7 Å². The van der Waals surface area contributed by atoms with Crippen molar-refractivity contribution in [1.82, 2.24) is 0 Å². The number of halogens is 1. The molecule has 106 valence electrons. The van der Waals surface area contributed by atoms with E-state index < -0.39 is 4.92 Å². The molecule has 0 unspecified atom stereocenters. The maximum Gasteiger partial charge on any atom is 0.270 e. The number of nitro groups is 1. The van der Waals surface area contributed by atoms with Gasteiger partial charge in [0.2, 0.25) is 0 Å². The lowest BCUT2D eigenvalue weighted by Crippen LogP contribution is -2.04. The summed E-state index contributed by atoms with van der Waals surface area (Å²) < 4.78 is 5.60. The van der Waals surface area contributed by atoms with Crippen LogP contribution in [0.3, 0.4) is 0 Å². The van der Waals surface area contributed by atoms with Crippen LogP contribution in [0.2, 0.25) is 5.02 Å². The third-order valence-electron chi connectivity index (χ3n) is 3.17. The summed E-state index contributed by atoms with van der Waals surface area (Å²) in [6.07, 6.45) is 0. The third-order valence-corrected chi connectivity index (χ3v) is 3.42. The van der Waals surface area contributed by atoms with E-state index in [0.29, 0.717) is 35.2 Å². The summed E-state index contributed by atoms with van der Waals surface area (Å²) in [5, 5.41) is 11.6. The van der Waals surface area contributed by atoms with Crippen LogP contribution >= 0.6 is 11.6 Å². The highest BCUT2D eigenvalue weighted by Gasteiger charge is 2.19. The van der Waals surface area contributed by atoms with Gasteiger partial charge in [-0.05, 0) is 18.2 Å². The van der Waals surface area contributed by atoms with Crippen LogP contribution in [0, 0.1) is 10.1 Å². The van der Waals surface area contributed by atoms with Gasteiger partial charge in [-0.2, -0.15) is 0 Å². The van der Waals surface area contributed by atoms with Gasteiger partial charge in [-0.1, -0.05) is 23.7 Å². The highest BCUT2D eigenvalue weighted by atomic mass is 35.5. The first-order chi connectivity index (χ1) is 10.1. The van der Waals surface area contributed by atoms with Crippen molar-refractivity contribution < 1.29 is 9.66 Å². The number of benzene rings is 2. The SMILES string of the molecule is O=[N+]([O-])c1ccc2c(c1)C(c1ccc(Cl)cc1)=NCCO2. The number of hydrogen-bond acceptors (Lipinski definition) is 4. The number of nitro benzene ring substituents is 1. The van der Waals surface area contributed by atoms with E-state index in [1.54, 1.807) is 18.2 Å². The maximum atomic E-state index is 11.0. The molecule has 0 amide bonds. The largest absolute Gasteiger partial charge is 0.491 e. The van der Waals surface area contributed by atoms with E-state index in [1.807, 2.05) is 12.1 Å². The van der Waals surface area contributed by atoms with Crippen molar-refractivity contribution in [2.24, 2.45) is 4.99 Å². The van der Waals surface area contributed by atoms with Crippen molar-refractivity contribution in [3.63, 3.8) is 0 Å². The zero-order chi connectivity index (χ0) is 14.8. The Hall–Kier alpha value is -2.40. The normalized spacial score (nSPS) is 13.7. The molecule has 0 N–H and O–H groups in total. The van der Waals surface area contributed by atoms with Crippen LogP contribution in [0.25, 0.3) is 0 Å². The topological polar surface area (TPSA) is 64.7 Å². The van der Waals surface area contributed by atoms with Crippen LogP contribution in [0.1, 0.15) is 11.1 Å². The van der Waals surface area contributed by atoms with E-state index in [2.05, 4.69) is 4.99 Å². The molecule has 0 spiro atoms. The fourth-order valence-corrected chi connectivity index (χ4v) is 2.32. The molecular formula is C15H11ClN2O3. The zero-order valence-corrected chi connectivity index (χ0v) is 11.7. The molecule has 3 rings (SSSR count). The third kappa shape index (κ3) is 2.73. The van der Waals surface area contributed by atoms with E-state index in [1.165, 1.54) is 12.1 Å². The summed E-state index contributed by atoms with van der Waals surface area (Å²) in [5.74, 6) is 0.604. The minimum Gasteiger partial charge on any atom is -0.491 e. The van der Waals surface area contributed by atoms with Crippen molar-refractivity contribution in [2.75, 3.05) is 13.2 Å². The van der Waals surface area contributed by atoms with Gasteiger partial charge in [-0.15, -0.1) is 0 Å². The zero-order valence-electron chi connectivity index (χ0n) is 11.0. The van der Waals surface area contributed by atoms with Crippen LogP contribution in [0.15, 0.2) is 47.5 Å². The van der Waals surface area contributed by atoms with Crippen molar-refractivity contribution in [1.29, 1.82) is 0 Å². The molecule has 0 aromatic heterocycles. The van der Waals surface area contributed by atoms with Gasteiger partial charge in [-0.3, -0.25) is 15.1 Å². The number of ether oxygens (including phenoxy) is 1. The molecule has 0 bridgehead atoms. The van der Waals surface area contributed by atoms with E-state index in [4.69, 9.17) is 16.3 Å². The van der Waals surface area contributed by atoms with E-state index in [-0.39, 0.29) is 5.69 Å². The average molecular weight is 303 g/mol. The Morgan fingerprint density at radius 3 is 2.67 bits per heavy atom. The lowest BCUT2D eigenvalue weighted by atomic mass is 10.0. The number of aliphatic imine (C=N–C) groups is 1. The Morgan fingerprint density at radius 1 is 1.19 bits per heavy atom. The monoisotopic (exact) mass is 302 g/mol. The number of non-ortho nitro benzene ring substituents is 1. The number of hydrogen-bond donors (Lipinski definition) is 0. The second-order valence-corrected chi connectivity index (χ2v) is 4.96. The van der Waals surface area contributed by atoms with Crippen molar-refractivity contribution >= 4 is 23.0 Å². The van der Waals surface area contributed by atoms with Gasteiger partial charge in [0.1, 0.15) is 12.4 Å². The van der Waals surface area contributed by atoms with Gasteiger partial charge < -0.3 is 4.74 Å². The van der Waals surface area contributed by atoms with Crippen LogP contribution < -0.4 is 4.74 Å². The van der Waals surface area contributed by atoms with Gasteiger partial charge in [0.05, 0.1) is 17.2 Å². The molecule has 0 radical (unpaired) electrons. The number of fused-ring (bicyclic) bond motifs is 1. The second-order valence-electron chi connectivity index (χ2n) is 4.52. The molecular weight excluding hydrogens is 292 g/mol. The first kappa shape index (κ1) is 13.6. The summed E-state index contributed by atoms with van der Waals surface area (Å²) >= 11 is 5.90. The predicted octanol–water partition coefficient (Wildman–Crippen LogP) is 3.48. The number of rotatable bonds is 2. The molecule has 0 aliphatic carbocycles. The lowest BCUT2D eigenvalue weighted by Gasteiger charge is -2.09. The summed E-state index contributed by atoms with van der Waals surface area (Å²) in [6, 6.07) is 11.8. The highest BCUT2D eigenvalue weighted by molar-refractivity contribution is 6.30. The predicted molar refractivity (Wildman–Crippen MR) is 80.5 cm³/mol. The van der Waals surface area contributed by atoms with Crippen molar-refractivity contribution in [2.45, 2.75) is 0 Å². The molecule has 21 heavy (non-hydrogen) atoms. The minimum atomic E-state index is -0.426. The summed E-state index contributed by atoms with van der Waals surface area (Å²) in [5.41, 5.74) is 2.18. The minimum absolute atomic E-state index is 0.0147. The Kier molecular flexibility index (Phi) is 3.58. The van der Waals surface area contributed by atoms with Crippen LogP contribution in [0.5, 0.6) is 5.75 Å². The molecule has 6 heteroatoms. The second kappa shape index (κ2) is 5.54. The maximum absolute atomic E-state index is 11.0. The van der Waals surface area contributed by atoms with Gasteiger partial charge in [0.15, 0.2) is 0 Å². The Bertz CT molecular complexity index is 726. The molecule has 0 fully saturated rings. The molecule has 1 heterocycles. The van der Waals surface area contributed by atoms with Gasteiger partial charge in [-0.25, -0.2) is 0 Å². The molecule has 1 aliphatic heterocycles. The molecule has 0 atom stereocenters. The fourth-order valence-electron chi connectivity index (χ4n) is 2.20. The molecule has 2 aromatic carbocycles. The highest BCUT2D eigenvalue weighted by Crippen LogP contribution is 2.29. The first-order valence-electron chi connectivity index (χ1n) is 6.37. The standard InChI is InChI=1S/C15H11ClN2O3/c16-11-3-1-10(2-4-11)15-13-9-12(18(19)20)5-6-14(13)21-8-7-17-15/h1-6,9H,7-8H2. The molecule has 0 saturated heterocycles. The van der Waals surface area contributed by atoms with Gasteiger partial charge >= 0.3 is 0 Å². The summed E-state index contributed by atoms with van der Waals surface area (Å²) in [6.45, 7) is 0.947. The summed E-state index contributed by atoms with van der Waals surface area (Å²) in [4.78, 5) is 15.0. The molecule has 2 aromatic rings. The first-order valence-corrected chi connectivity index (χ1v) is 6.75. The number of nitrogens with zero attached hydrogens (tertiary/aromatic N) is 2. The molecule has 0 saturated carbocycles.